The first kappa shape index (κ1) is 23.9. The molecule has 0 aliphatic rings. The zero-order valence-electron chi connectivity index (χ0n) is 20.1. The van der Waals surface area contributed by atoms with Gasteiger partial charge in [0.15, 0.2) is 0 Å². The van der Waals surface area contributed by atoms with E-state index >= 15 is 0 Å². The summed E-state index contributed by atoms with van der Waals surface area (Å²) in [7, 11) is 1.38. The van der Waals surface area contributed by atoms with Gasteiger partial charge in [0, 0.05) is 32.0 Å². The molecule has 0 fully saturated rings. The second kappa shape index (κ2) is 8.83. The van der Waals surface area contributed by atoms with Crippen LogP contribution in [0, 0.1) is 6.92 Å². The maximum absolute atomic E-state index is 13.5. The predicted molar refractivity (Wildman–Crippen MR) is 139 cm³/mol. The van der Waals surface area contributed by atoms with Gasteiger partial charge in [0.1, 0.15) is 11.9 Å². The summed E-state index contributed by atoms with van der Waals surface area (Å²) in [6.45, 7) is 9.74. The largest absolute Gasteiger partial charge is 0.467 e. The van der Waals surface area contributed by atoms with Crippen molar-refractivity contribution in [2.24, 2.45) is 5.10 Å². The van der Waals surface area contributed by atoms with Gasteiger partial charge < -0.3 is 9.30 Å². The Labute approximate surface area is 206 Å². The molecule has 2 aromatic heterocycles. The number of esters is 1. The van der Waals surface area contributed by atoms with E-state index in [1.807, 2.05) is 68.7 Å². The van der Waals surface area contributed by atoms with Gasteiger partial charge in [0.2, 0.25) is 0 Å². The lowest BCUT2D eigenvalue weighted by molar-refractivity contribution is -0.143. The molecule has 7 nitrogen and oxygen atoms in total. The monoisotopic (exact) mass is 522 g/mol. The Hall–Kier alpha value is -3.26. The van der Waals surface area contributed by atoms with Gasteiger partial charge in [-0.15, -0.1) is 0 Å². The summed E-state index contributed by atoms with van der Waals surface area (Å²) in [4.78, 5) is 30.6. The second-order valence-electron chi connectivity index (χ2n) is 9.29. The van der Waals surface area contributed by atoms with Gasteiger partial charge in [-0.25, -0.2) is 9.78 Å². The Morgan fingerprint density at radius 2 is 1.88 bits per heavy atom. The zero-order valence-corrected chi connectivity index (χ0v) is 21.7. The lowest BCUT2D eigenvalue weighted by Gasteiger charge is -2.20. The predicted octanol–water partition coefficient (Wildman–Crippen LogP) is 5.34. The van der Waals surface area contributed by atoms with E-state index in [4.69, 9.17) is 9.72 Å². The molecule has 0 spiro atoms. The first-order chi connectivity index (χ1) is 16.0. The first-order valence-electron chi connectivity index (χ1n) is 11.0. The third-order valence-electron chi connectivity index (χ3n) is 5.92. The van der Waals surface area contributed by atoms with Gasteiger partial charge in [0.05, 0.1) is 24.2 Å². The van der Waals surface area contributed by atoms with E-state index in [2.05, 4.69) is 21.0 Å². The van der Waals surface area contributed by atoms with Gasteiger partial charge in [0.25, 0.3) is 5.56 Å². The standard InChI is InChI=1S/C26H27BrN4O3/c1-15-20(18-9-7-8-10-22(18)30(15)16(2)24(33)34-6)14-28-31-23(32)19-13-17(27)11-12-21(19)29-25(31)26(3,4)5/h7-14,16H,1-6H3/t16-/m1/s1. The summed E-state index contributed by atoms with van der Waals surface area (Å²) in [6.07, 6.45) is 1.68. The summed E-state index contributed by atoms with van der Waals surface area (Å²) in [6, 6.07) is 12.8. The summed E-state index contributed by atoms with van der Waals surface area (Å²) in [5.41, 5.74) is 2.54. The Balaban J connectivity index is 1.96. The van der Waals surface area contributed by atoms with E-state index in [1.54, 1.807) is 19.2 Å². The minimum absolute atomic E-state index is 0.239. The fraction of sp³-hybridized carbons (Fsp3) is 0.308. The Bertz CT molecular complexity index is 1510. The summed E-state index contributed by atoms with van der Waals surface area (Å²) in [5, 5.41) is 6.06. The van der Waals surface area contributed by atoms with Crippen molar-refractivity contribution in [2.45, 2.75) is 46.1 Å². The molecule has 0 radical (unpaired) electrons. The van der Waals surface area contributed by atoms with Crippen molar-refractivity contribution in [3.8, 4) is 0 Å². The van der Waals surface area contributed by atoms with Crippen molar-refractivity contribution in [1.82, 2.24) is 14.2 Å². The van der Waals surface area contributed by atoms with Crippen LogP contribution in [0.2, 0.25) is 0 Å². The number of carbonyl (C=O) groups excluding carboxylic acids is 1. The van der Waals surface area contributed by atoms with E-state index in [1.165, 1.54) is 11.8 Å². The average Bonchev–Trinajstić information content (AvgIpc) is 3.08. The molecule has 34 heavy (non-hydrogen) atoms. The molecule has 8 heteroatoms. The van der Waals surface area contributed by atoms with Crippen molar-refractivity contribution in [3.05, 3.63) is 74.4 Å². The van der Waals surface area contributed by atoms with Crippen molar-refractivity contribution >= 4 is 49.9 Å². The van der Waals surface area contributed by atoms with Crippen LogP contribution in [0.25, 0.3) is 21.8 Å². The molecule has 0 unspecified atom stereocenters. The average molecular weight is 523 g/mol. The molecule has 176 valence electrons. The van der Waals surface area contributed by atoms with Crippen molar-refractivity contribution in [1.29, 1.82) is 0 Å². The molecule has 4 rings (SSSR count). The van der Waals surface area contributed by atoms with E-state index in [0.29, 0.717) is 16.7 Å². The number of fused-ring (bicyclic) bond motifs is 2. The van der Waals surface area contributed by atoms with Crippen LogP contribution >= 0.6 is 15.9 Å². The SMILES string of the molecule is COC(=O)[C@@H](C)n1c(C)c(C=Nn2c(C(C)(C)C)nc3ccc(Br)cc3c2=O)c2ccccc21. The summed E-state index contributed by atoms with van der Waals surface area (Å²) >= 11 is 3.44. The van der Waals surface area contributed by atoms with Crippen LogP contribution < -0.4 is 5.56 Å². The van der Waals surface area contributed by atoms with Crippen molar-refractivity contribution in [3.63, 3.8) is 0 Å². The van der Waals surface area contributed by atoms with Gasteiger partial charge >= 0.3 is 5.97 Å². The van der Waals surface area contributed by atoms with E-state index in [-0.39, 0.29) is 11.5 Å². The van der Waals surface area contributed by atoms with Gasteiger partial charge in [-0.2, -0.15) is 9.78 Å². The molecule has 0 N–H and O–H groups in total. The van der Waals surface area contributed by atoms with Crippen LogP contribution in [0.5, 0.6) is 0 Å². The zero-order chi connectivity index (χ0) is 24.8. The molecule has 0 saturated carbocycles. The number of para-hydroxylation sites is 1. The number of rotatable bonds is 4. The number of ether oxygens (including phenoxy) is 1. The smallest absolute Gasteiger partial charge is 0.328 e. The molecule has 2 heterocycles. The quantitative estimate of drug-likeness (QED) is 0.268. The fourth-order valence-corrected chi connectivity index (χ4v) is 4.57. The molecule has 0 bridgehead atoms. The number of carbonyl (C=O) groups is 1. The molecule has 0 saturated heterocycles. The second-order valence-corrected chi connectivity index (χ2v) is 10.2. The van der Waals surface area contributed by atoms with Crippen molar-refractivity contribution in [2.75, 3.05) is 7.11 Å². The van der Waals surface area contributed by atoms with Crippen LogP contribution in [0.4, 0.5) is 0 Å². The number of halogens is 1. The lowest BCUT2D eigenvalue weighted by atomic mass is 9.95. The maximum Gasteiger partial charge on any atom is 0.328 e. The fourth-order valence-electron chi connectivity index (χ4n) is 4.21. The summed E-state index contributed by atoms with van der Waals surface area (Å²) < 4.78 is 9.09. The molecule has 0 aliphatic carbocycles. The van der Waals surface area contributed by atoms with Crippen LogP contribution in [-0.4, -0.2) is 33.5 Å². The van der Waals surface area contributed by atoms with Gasteiger partial charge in [-0.05, 0) is 38.1 Å². The summed E-state index contributed by atoms with van der Waals surface area (Å²) in [5.74, 6) is 0.232. The minimum Gasteiger partial charge on any atom is -0.467 e. The highest BCUT2D eigenvalue weighted by molar-refractivity contribution is 9.10. The van der Waals surface area contributed by atoms with E-state index in [9.17, 15) is 9.59 Å². The first-order valence-corrected chi connectivity index (χ1v) is 11.8. The topological polar surface area (TPSA) is 78.5 Å². The molecular weight excluding hydrogens is 496 g/mol. The number of aromatic nitrogens is 3. The number of methoxy groups -OCH3 is 1. The normalized spacial score (nSPS) is 13.1. The van der Waals surface area contributed by atoms with Gasteiger partial charge in [-0.1, -0.05) is 54.9 Å². The highest BCUT2D eigenvalue weighted by Gasteiger charge is 2.24. The number of hydrogen-bond donors (Lipinski definition) is 0. The highest BCUT2D eigenvalue weighted by Crippen LogP contribution is 2.29. The molecule has 4 aromatic rings. The number of nitrogens with zero attached hydrogens (tertiary/aromatic N) is 4. The minimum atomic E-state index is -0.510. The van der Waals surface area contributed by atoms with Crippen LogP contribution in [0.15, 0.2) is 56.8 Å². The van der Waals surface area contributed by atoms with Gasteiger partial charge in [-0.3, -0.25) is 4.79 Å². The number of benzene rings is 2. The Morgan fingerprint density at radius 1 is 1.18 bits per heavy atom. The van der Waals surface area contributed by atoms with Crippen LogP contribution in [0.1, 0.15) is 50.8 Å². The molecule has 2 aromatic carbocycles. The molecule has 0 amide bonds. The lowest BCUT2D eigenvalue weighted by Crippen LogP contribution is -2.29. The Kier molecular flexibility index (Phi) is 6.20. The third kappa shape index (κ3) is 4.07. The van der Waals surface area contributed by atoms with Crippen LogP contribution in [-0.2, 0) is 14.9 Å². The van der Waals surface area contributed by atoms with E-state index in [0.717, 1.165) is 26.6 Å². The molecule has 0 aliphatic heterocycles. The van der Waals surface area contributed by atoms with Crippen LogP contribution in [0.3, 0.4) is 0 Å². The molecule has 1 atom stereocenters. The van der Waals surface area contributed by atoms with E-state index < -0.39 is 11.5 Å². The number of hydrogen-bond acceptors (Lipinski definition) is 5. The third-order valence-corrected chi connectivity index (χ3v) is 6.41. The maximum atomic E-state index is 13.5. The molecular formula is C26H27BrN4O3. The Morgan fingerprint density at radius 3 is 2.56 bits per heavy atom. The highest BCUT2D eigenvalue weighted by atomic mass is 79.9. The van der Waals surface area contributed by atoms with Crippen molar-refractivity contribution < 1.29 is 9.53 Å².